The van der Waals surface area contributed by atoms with Crippen LogP contribution in [0.15, 0.2) is 35.1 Å². The first kappa shape index (κ1) is 28.5. The summed E-state index contributed by atoms with van der Waals surface area (Å²) in [7, 11) is 1.66. The summed E-state index contributed by atoms with van der Waals surface area (Å²) >= 11 is 0. The number of para-hydroxylation sites is 1. The van der Waals surface area contributed by atoms with Crippen molar-refractivity contribution in [3.8, 4) is 5.75 Å². The molecule has 0 aliphatic heterocycles. The van der Waals surface area contributed by atoms with E-state index in [0.29, 0.717) is 18.5 Å². The van der Waals surface area contributed by atoms with Gasteiger partial charge in [-0.2, -0.15) is 10.6 Å². The first-order chi connectivity index (χ1) is 16.5. The van der Waals surface area contributed by atoms with E-state index in [1.165, 1.54) is 4.68 Å². The van der Waals surface area contributed by atoms with Crippen molar-refractivity contribution >= 4 is 5.91 Å². The maximum Gasteiger partial charge on any atom is 0.271 e. The van der Waals surface area contributed by atoms with Gasteiger partial charge in [0.2, 0.25) is 5.91 Å². The molecule has 0 fully saturated rings. The van der Waals surface area contributed by atoms with Crippen molar-refractivity contribution < 1.29 is 14.4 Å². The molecule has 8 heteroatoms. The van der Waals surface area contributed by atoms with Crippen LogP contribution in [0.25, 0.3) is 0 Å². The van der Waals surface area contributed by atoms with Gasteiger partial charge in [-0.15, -0.1) is 0 Å². The molecule has 0 bridgehead atoms. The molecule has 0 aliphatic rings. The highest BCUT2D eigenvalue weighted by atomic mass is 16.7. The fraction of sp³-hybridized carbons (Fsp3) is 0.593. The Bertz CT molecular complexity index is 1020. The van der Waals surface area contributed by atoms with Crippen LogP contribution in [0.1, 0.15) is 71.3 Å². The van der Waals surface area contributed by atoms with Gasteiger partial charge in [-0.05, 0) is 57.2 Å². The highest BCUT2D eigenvalue weighted by Crippen LogP contribution is 2.20. The average Bonchev–Trinajstić information content (AvgIpc) is 2.82. The van der Waals surface area contributed by atoms with Crippen LogP contribution in [0.4, 0.5) is 0 Å². The van der Waals surface area contributed by atoms with E-state index in [1.807, 2.05) is 78.8 Å². The number of rotatable bonds is 13. The number of nitrogens with zero attached hydrogens (tertiary/aromatic N) is 2. The Morgan fingerprint density at radius 1 is 1.06 bits per heavy atom. The fourth-order valence-corrected chi connectivity index (χ4v) is 3.61. The molecule has 0 aliphatic carbocycles. The van der Waals surface area contributed by atoms with Crippen LogP contribution in [-0.2, 0) is 29.0 Å². The van der Waals surface area contributed by atoms with Crippen LogP contribution >= 0.6 is 0 Å². The Balaban J connectivity index is 2.40. The number of hydrogen-bond acceptors (Lipinski definition) is 6. The number of hydrogen-bond donors (Lipinski definition) is 2. The summed E-state index contributed by atoms with van der Waals surface area (Å²) < 4.78 is 6.98. The van der Waals surface area contributed by atoms with Gasteiger partial charge < -0.3 is 10.1 Å². The van der Waals surface area contributed by atoms with Crippen LogP contribution in [0.3, 0.4) is 0 Å². The number of benzene rings is 1. The minimum atomic E-state index is -0.327. The van der Waals surface area contributed by atoms with Crippen molar-refractivity contribution in [2.45, 2.75) is 86.0 Å². The van der Waals surface area contributed by atoms with Gasteiger partial charge in [0.05, 0.1) is 37.5 Å². The smallest absolute Gasteiger partial charge is 0.271 e. The Morgan fingerprint density at radius 2 is 1.74 bits per heavy atom. The number of hydroxylamine groups is 1. The van der Waals surface area contributed by atoms with E-state index in [9.17, 15) is 9.59 Å². The molecule has 1 amide bonds. The van der Waals surface area contributed by atoms with Gasteiger partial charge in [0, 0.05) is 11.5 Å². The molecule has 2 atom stereocenters. The Kier molecular flexibility index (Phi) is 10.9. The van der Waals surface area contributed by atoms with Crippen LogP contribution in [0.2, 0.25) is 0 Å². The van der Waals surface area contributed by atoms with Crippen molar-refractivity contribution in [1.82, 2.24) is 20.6 Å². The number of carbonyl (C=O) groups excluding carboxylic acids is 1. The quantitative estimate of drug-likeness (QED) is 0.418. The number of methoxy groups -OCH3 is 1. The first-order valence-electron chi connectivity index (χ1n) is 12.5. The molecule has 0 saturated heterocycles. The van der Waals surface area contributed by atoms with Crippen LogP contribution < -0.4 is 21.1 Å². The topological polar surface area (TPSA) is 94.5 Å². The Hall–Kier alpha value is -2.71. The highest BCUT2D eigenvalue weighted by Gasteiger charge is 2.22. The summed E-state index contributed by atoms with van der Waals surface area (Å²) in [5, 5.41) is 7.78. The zero-order valence-electron chi connectivity index (χ0n) is 22.4. The molecule has 2 aromatic rings. The van der Waals surface area contributed by atoms with Crippen molar-refractivity contribution in [3.05, 3.63) is 57.5 Å². The van der Waals surface area contributed by atoms with E-state index in [1.54, 1.807) is 7.11 Å². The summed E-state index contributed by atoms with van der Waals surface area (Å²) in [6.07, 6.45) is 1.33. The maximum atomic E-state index is 13.4. The molecule has 2 N–H and O–H groups in total. The third-order valence-corrected chi connectivity index (χ3v) is 5.87. The average molecular weight is 487 g/mol. The third kappa shape index (κ3) is 8.47. The first-order valence-corrected chi connectivity index (χ1v) is 12.5. The maximum absolute atomic E-state index is 13.4. The second-order valence-corrected chi connectivity index (χ2v) is 9.91. The second kappa shape index (κ2) is 13.4. The zero-order chi connectivity index (χ0) is 26.1. The number of aromatic nitrogens is 2. The summed E-state index contributed by atoms with van der Waals surface area (Å²) in [4.78, 5) is 31.4. The summed E-state index contributed by atoms with van der Waals surface area (Å²) in [6, 6.07) is 9.21. The van der Waals surface area contributed by atoms with E-state index in [2.05, 4.69) is 10.8 Å². The van der Waals surface area contributed by atoms with Crippen LogP contribution in [0.5, 0.6) is 5.75 Å². The lowest BCUT2D eigenvalue weighted by Crippen LogP contribution is -2.46. The van der Waals surface area contributed by atoms with Gasteiger partial charge in [0.15, 0.2) is 0 Å². The molecule has 0 saturated carbocycles. The number of aryl methyl sites for hydroxylation is 2. The van der Waals surface area contributed by atoms with Gasteiger partial charge >= 0.3 is 0 Å². The predicted octanol–water partition coefficient (Wildman–Crippen LogP) is 3.82. The minimum absolute atomic E-state index is 0.0249. The van der Waals surface area contributed by atoms with Crippen molar-refractivity contribution in [2.24, 2.45) is 11.8 Å². The van der Waals surface area contributed by atoms with Gasteiger partial charge in [0.1, 0.15) is 5.75 Å². The summed E-state index contributed by atoms with van der Waals surface area (Å²) in [5.74, 6) is 0.787. The number of carbonyl (C=O) groups is 1. The fourth-order valence-electron chi connectivity index (χ4n) is 3.61. The molecule has 8 nitrogen and oxygen atoms in total. The largest absolute Gasteiger partial charge is 0.496 e. The normalized spacial score (nSPS) is 13.3. The lowest BCUT2D eigenvalue weighted by atomic mass is 10.0. The van der Waals surface area contributed by atoms with Crippen molar-refractivity contribution in [3.63, 3.8) is 0 Å². The van der Waals surface area contributed by atoms with E-state index in [0.717, 1.165) is 23.4 Å². The van der Waals surface area contributed by atoms with Crippen LogP contribution in [-0.4, -0.2) is 34.9 Å². The molecule has 0 radical (unpaired) electrons. The van der Waals surface area contributed by atoms with Gasteiger partial charge in [0.25, 0.3) is 5.56 Å². The van der Waals surface area contributed by atoms with E-state index in [-0.39, 0.29) is 41.5 Å². The SMILES string of the molecule is COc1ccccc1CCc1cc(C(C)NOC(C)C)c(=O)n(C[C@@H](NC(=O)C(C)C)C(C)C)n1. The molecule has 1 aromatic carbocycles. The predicted molar refractivity (Wildman–Crippen MR) is 138 cm³/mol. The third-order valence-electron chi connectivity index (χ3n) is 5.87. The minimum Gasteiger partial charge on any atom is -0.496 e. The van der Waals surface area contributed by atoms with Crippen molar-refractivity contribution in [1.29, 1.82) is 0 Å². The van der Waals surface area contributed by atoms with E-state index >= 15 is 0 Å². The van der Waals surface area contributed by atoms with E-state index < -0.39 is 0 Å². The van der Waals surface area contributed by atoms with Gasteiger partial charge in [-0.1, -0.05) is 45.9 Å². The highest BCUT2D eigenvalue weighted by molar-refractivity contribution is 5.78. The number of nitrogens with one attached hydrogen (secondary N) is 2. The monoisotopic (exact) mass is 486 g/mol. The summed E-state index contributed by atoms with van der Waals surface area (Å²) in [5.41, 5.74) is 5.23. The lowest BCUT2D eigenvalue weighted by molar-refractivity contribution is -0.125. The molecule has 1 heterocycles. The molecule has 2 rings (SSSR count). The van der Waals surface area contributed by atoms with E-state index in [4.69, 9.17) is 14.7 Å². The van der Waals surface area contributed by atoms with Gasteiger partial charge in [-0.25, -0.2) is 4.68 Å². The molecular weight excluding hydrogens is 444 g/mol. The lowest BCUT2D eigenvalue weighted by Gasteiger charge is -2.25. The van der Waals surface area contributed by atoms with Crippen LogP contribution in [0, 0.1) is 11.8 Å². The Morgan fingerprint density at radius 3 is 2.34 bits per heavy atom. The standard InChI is InChI=1S/C27H42N4O4/c1-17(2)24(28-26(32)18(3)4)16-31-27(33)23(20(7)30-35-19(5)6)15-22(29-31)14-13-21-11-9-10-12-25(21)34-8/h9-12,15,17-20,24,30H,13-14,16H2,1-8H3,(H,28,32)/t20?,24-/m1/s1. The second-order valence-electron chi connectivity index (χ2n) is 9.91. The molecule has 0 spiro atoms. The molecule has 194 valence electrons. The number of amides is 1. The molecule has 1 unspecified atom stereocenters. The number of ether oxygens (including phenoxy) is 1. The van der Waals surface area contributed by atoms with Gasteiger partial charge in [-0.3, -0.25) is 14.4 Å². The zero-order valence-corrected chi connectivity index (χ0v) is 22.4. The Labute approximate surface area is 209 Å². The summed E-state index contributed by atoms with van der Waals surface area (Å²) in [6.45, 7) is 13.8. The molecular formula is C27H42N4O4. The molecule has 1 aromatic heterocycles. The van der Waals surface area contributed by atoms with Crippen molar-refractivity contribution in [2.75, 3.05) is 7.11 Å². The molecule has 35 heavy (non-hydrogen) atoms.